The number of thioether (sulfide) groups is 1. The molecule has 0 amide bonds. The van der Waals surface area contributed by atoms with Gasteiger partial charge in [0.2, 0.25) is 5.16 Å². The van der Waals surface area contributed by atoms with Gasteiger partial charge in [-0.05, 0) is 23.3 Å². The number of hydrogen-bond donors (Lipinski definition) is 1. The van der Waals surface area contributed by atoms with Crippen LogP contribution in [0.4, 0.5) is 0 Å². The van der Waals surface area contributed by atoms with Gasteiger partial charge in [0.15, 0.2) is 0 Å². The molecular weight excluding hydrogens is 210 g/mol. The number of nitrogens with one attached hydrogen (secondary N) is 1. The Morgan fingerprint density at radius 3 is 3.07 bits per heavy atom. The van der Waals surface area contributed by atoms with Gasteiger partial charge >= 0.3 is 0 Å². The SMILES string of the molecule is C=C(CNC1CC1)CSc1nnnn1C. The molecule has 1 saturated carbocycles. The Balaban J connectivity index is 1.68. The highest BCUT2D eigenvalue weighted by Crippen LogP contribution is 2.20. The van der Waals surface area contributed by atoms with Gasteiger partial charge < -0.3 is 5.32 Å². The monoisotopic (exact) mass is 225 g/mol. The van der Waals surface area contributed by atoms with Crippen molar-refractivity contribution < 1.29 is 0 Å². The van der Waals surface area contributed by atoms with Gasteiger partial charge in [0.1, 0.15) is 0 Å². The highest BCUT2D eigenvalue weighted by atomic mass is 32.2. The molecule has 0 bridgehead atoms. The third kappa shape index (κ3) is 3.32. The summed E-state index contributed by atoms with van der Waals surface area (Å²) in [5, 5.41) is 15.5. The molecule has 1 aromatic heterocycles. The van der Waals surface area contributed by atoms with Crippen molar-refractivity contribution in [2.45, 2.75) is 24.0 Å². The predicted octanol–water partition coefficient (Wildman–Crippen LogP) is 0.610. The molecule has 1 fully saturated rings. The maximum absolute atomic E-state index is 4.02. The number of rotatable bonds is 6. The molecule has 5 nitrogen and oxygen atoms in total. The van der Waals surface area contributed by atoms with Crippen LogP contribution in [0.1, 0.15) is 12.8 Å². The van der Waals surface area contributed by atoms with Gasteiger partial charge in [-0.3, -0.25) is 0 Å². The van der Waals surface area contributed by atoms with Crippen molar-refractivity contribution >= 4 is 11.8 Å². The van der Waals surface area contributed by atoms with E-state index in [1.807, 2.05) is 7.05 Å². The highest BCUT2D eigenvalue weighted by Gasteiger charge is 2.20. The molecule has 1 aliphatic rings. The summed E-state index contributed by atoms with van der Waals surface area (Å²) >= 11 is 1.62. The zero-order chi connectivity index (χ0) is 10.7. The van der Waals surface area contributed by atoms with Crippen molar-refractivity contribution in [2.75, 3.05) is 12.3 Å². The van der Waals surface area contributed by atoms with Crippen LogP contribution in [-0.2, 0) is 7.05 Å². The predicted molar refractivity (Wildman–Crippen MR) is 59.7 cm³/mol. The van der Waals surface area contributed by atoms with Gasteiger partial charge in [0.05, 0.1) is 0 Å². The first kappa shape index (κ1) is 10.6. The molecule has 0 aromatic carbocycles. The Kier molecular flexibility index (Phi) is 3.37. The molecule has 1 aliphatic carbocycles. The largest absolute Gasteiger partial charge is 0.310 e. The van der Waals surface area contributed by atoms with Gasteiger partial charge in [-0.25, -0.2) is 4.68 Å². The van der Waals surface area contributed by atoms with Gasteiger partial charge in [-0.2, -0.15) is 0 Å². The fourth-order valence-corrected chi connectivity index (χ4v) is 1.89. The summed E-state index contributed by atoms with van der Waals surface area (Å²) in [6, 6.07) is 0.739. The second-order valence-electron chi connectivity index (χ2n) is 3.78. The normalized spacial score (nSPS) is 15.5. The minimum Gasteiger partial charge on any atom is -0.310 e. The molecule has 1 aromatic rings. The summed E-state index contributed by atoms with van der Waals surface area (Å²) in [5.74, 6) is 0.869. The number of aryl methyl sites for hydroxylation is 1. The zero-order valence-corrected chi connectivity index (χ0v) is 9.63. The van der Waals surface area contributed by atoms with Crippen LogP contribution in [0.15, 0.2) is 17.3 Å². The lowest BCUT2D eigenvalue weighted by Crippen LogP contribution is -2.19. The van der Waals surface area contributed by atoms with Crippen molar-refractivity contribution in [3.8, 4) is 0 Å². The maximum Gasteiger partial charge on any atom is 0.209 e. The van der Waals surface area contributed by atoms with Crippen LogP contribution in [0.5, 0.6) is 0 Å². The molecule has 2 rings (SSSR count). The topological polar surface area (TPSA) is 55.6 Å². The van der Waals surface area contributed by atoms with E-state index < -0.39 is 0 Å². The summed E-state index contributed by atoms with van der Waals surface area (Å²) in [6.07, 6.45) is 2.63. The summed E-state index contributed by atoms with van der Waals surface area (Å²) in [7, 11) is 1.84. The van der Waals surface area contributed by atoms with Crippen molar-refractivity contribution in [3.05, 3.63) is 12.2 Å². The van der Waals surface area contributed by atoms with Crippen molar-refractivity contribution in [2.24, 2.45) is 7.05 Å². The quantitative estimate of drug-likeness (QED) is 0.568. The van der Waals surface area contributed by atoms with Crippen molar-refractivity contribution in [1.29, 1.82) is 0 Å². The van der Waals surface area contributed by atoms with Crippen LogP contribution in [0.25, 0.3) is 0 Å². The lowest BCUT2D eigenvalue weighted by molar-refractivity contribution is 0.664. The van der Waals surface area contributed by atoms with Gasteiger partial charge in [0, 0.05) is 25.4 Å². The van der Waals surface area contributed by atoms with Crippen LogP contribution < -0.4 is 5.32 Å². The molecule has 1 heterocycles. The molecule has 0 radical (unpaired) electrons. The lowest BCUT2D eigenvalue weighted by Gasteiger charge is -2.05. The minimum absolute atomic E-state index is 0.739. The van der Waals surface area contributed by atoms with E-state index in [0.29, 0.717) is 0 Å². The molecule has 82 valence electrons. The van der Waals surface area contributed by atoms with Gasteiger partial charge in [-0.1, -0.05) is 23.9 Å². The lowest BCUT2D eigenvalue weighted by atomic mass is 10.3. The van der Waals surface area contributed by atoms with Crippen LogP contribution in [0.3, 0.4) is 0 Å². The highest BCUT2D eigenvalue weighted by molar-refractivity contribution is 7.99. The maximum atomic E-state index is 4.02. The smallest absolute Gasteiger partial charge is 0.209 e. The number of hydrogen-bond acceptors (Lipinski definition) is 5. The second-order valence-corrected chi connectivity index (χ2v) is 4.72. The number of nitrogens with zero attached hydrogens (tertiary/aromatic N) is 4. The molecule has 0 saturated heterocycles. The van der Waals surface area contributed by atoms with E-state index in [1.165, 1.54) is 18.4 Å². The molecule has 0 spiro atoms. The Bertz CT molecular complexity index is 344. The fourth-order valence-electron chi connectivity index (χ4n) is 1.14. The van der Waals surface area contributed by atoms with Gasteiger partial charge in [0.25, 0.3) is 0 Å². The Morgan fingerprint density at radius 1 is 1.67 bits per heavy atom. The van der Waals surface area contributed by atoms with E-state index in [-0.39, 0.29) is 0 Å². The summed E-state index contributed by atoms with van der Waals surface area (Å²) in [6.45, 7) is 4.93. The molecule has 0 aliphatic heterocycles. The Morgan fingerprint density at radius 2 is 2.47 bits per heavy atom. The average molecular weight is 225 g/mol. The van der Waals surface area contributed by atoms with Crippen LogP contribution >= 0.6 is 11.8 Å². The molecule has 6 heteroatoms. The van der Waals surface area contributed by atoms with Gasteiger partial charge in [-0.15, -0.1) is 5.10 Å². The van der Waals surface area contributed by atoms with Crippen LogP contribution in [0, 0.1) is 0 Å². The summed E-state index contributed by atoms with van der Waals surface area (Å²) in [4.78, 5) is 0. The van der Waals surface area contributed by atoms with E-state index in [9.17, 15) is 0 Å². The van der Waals surface area contributed by atoms with Crippen LogP contribution in [0.2, 0.25) is 0 Å². The first-order valence-electron chi connectivity index (χ1n) is 5.01. The van der Waals surface area contributed by atoms with E-state index in [4.69, 9.17) is 0 Å². The first-order chi connectivity index (χ1) is 7.25. The molecular formula is C9H15N5S. The zero-order valence-electron chi connectivity index (χ0n) is 8.81. The summed E-state index contributed by atoms with van der Waals surface area (Å²) in [5.41, 5.74) is 1.19. The third-order valence-corrected chi connectivity index (χ3v) is 3.36. The Labute approximate surface area is 93.3 Å². The first-order valence-corrected chi connectivity index (χ1v) is 5.99. The molecule has 15 heavy (non-hydrogen) atoms. The van der Waals surface area contributed by atoms with E-state index in [0.717, 1.165) is 23.5 Å². The Hall–Kier alpha value is -0.880. The van der Waals surface area contributed by atoms with E-state index in [1.54, 1.807) is 16.4 Å². The van der Waals surface area contributed by atoms with E-state index >= 15 is 0 Å². The summed E-state index contributed by atoms with van der Waals surface area (Å²) < 4.78 is 1.67. The minimum atomic E-state index is 0.739. The average Bonchev–Trinajstić information content (AvgIpc) is 2.96. The standard InChI is InChI=1S/C9H15N5S/c1-7(5-10-8-3-4-8)6-15-9-11-12-13-14(9)2/h8,10H,1,3-6H2,2H3. The van der Waals surface area contributed by atoms with E-state index in [2.05, 4.69) is 27.4 Å². The third-order valence-electron chi connectivity index (χ3n) is 2.20. The van der Waals surface area contributed by atoms with Crippen molar-refractivity contribution in [3.63, 3.8) is 0 Å². The number of tetrazole rings is 1. The molecule has 0 atom stereocenters. The number of aromatic nitrogens is 4. The van der Waals surface area contributed by atoms with Crippen LogP contribution in [-0.4, -0.2) is 38.5 Å². The molecule has 1 N–H and O–H groups in total. The second kappa shape index (κ2) is 4.76. The molecule has 0 unspecified atom stereocenters. The fraction of sp³-hybridized carbons (Fsp3) is 0.667. The van der Waals surface area contributed by atoms with Crippen molar-refractivity contribution in [1.82, 2.24) is 25.5 Å².